The van der Waals surface area contributed by atoms with Crippen molar-refractivity contribution in [3.63, 3.8) is 0 Å². The number of hydrogen-bond donors (Lipinski definition) is 1. The van der Waals surface area contributed by atoms with Crippen molar-refractivity contribution < 1.29 is 4.79 Å². The van der Waals surface area contributed by atoms with E-state index in [4.69, 9.17) is 5.26 Å². The van der Waals surface area contributed by atoms with Crippen LogP contribution in [0.3, 0.4) is 0 Å². The molecule has 1 fully saturated rings. The van der Waals surface area contributed by atoms with Crippen LogP contribution in [0.1, 0.15) is 12.0 Å². The van der Waals surface area contributed by atoms with Gasteiger partial charge in [0, 0.05) is 24.8 Å². The summed E-state index contributed by atoms with van der Waals surface area (Å²) < 4.78 is 0. The fourth-order valence-corrected chi connectivity index (χ4v) is 2.68. The van der Waals surface area contributed by atoms with Crippen LogP contribution in [0.5, 0.6) is 0 Å². The number of nitriles is 1. The SMILES string of the molecule is Cc1ccc(-c2ccc(NC(=O)C3CCN(C#N)C3)nc2)cc1. The lowest BCUT2D eigenvalue weighted by atomic mass is 10.1. The highest BCUT2D eigenvalue weighted by molar-refractivity contribution is 5.92. The molecule has 2 heterocycles. The van der Waals surface area contributed by atoms with Gasteiger partial charge in [-0.05, 0) is 31.0 Å². The molecule has 0 radical (unpaired) electrons. The lowest BCUT2D eigenvalue weighted by molar-refractivity contribution is -0.119. The molecule has 1 aromatic carbocycles. The van der Waals surface area contributed by atoms with Crippen LogP contribution in [0, 0.1) is 24.3 Å². The molecule has 0 spiro atoms. The van der Waals surface area contributed by atoms with E-state index >= 15 is 0 Å². The van der Waals surface area contributed by atoms with Crippen molar-refractivity contribution in [1.29, 1.82) is 5.26 Å². The van der Waals surface area contributed by atoms with Crippen LogP contribution in [0.25, 0.3) is 11.1 Å². The minimum atomic E-state index is -0.145. The van der Waals surface area contributed by atoms with Crippen molar-refractivity contribution in [2.75, 3.05) is 18.4 Å². The molecule has 1 saturated heterocycles. The second-order valence-corrected chi connectivity index (χ2v) is 5.82. The Morgan fingerprint density at radius 3 is 2.61 bits per heavy atom. The first-order valence-corrected chi connectivity index (χ1v) is 7.64. The molecule has 116 valence electrons. The number of hydrogen-bond acceptors (Lipinski definition) is 4. The Hall–Kier alpha value is -2.87. The standard InChI is InChI=1S/C18H18N4O/c1-13-2-4-14(5-3-13)15-6-7-17(20-10-15)21-18(23)16-8-9-22(11-16)12-19/h2-7,10,16H,8-9,11H2,1H3,(H,20,21,23). The number of benzene rings is 1. The summed E-state index contributed by atoms with van der Waals surface area (Å²) in [5.74, 6) is 0.327. The van der Waals surface area contributed by atoms with Gasteiger partial charge in [0.25, 0.3) is 0 Å². The zero-order valence-electron chi connectivity index (χ0n) is 13.0. The van der Waals surface area contributed by atoms with Gasteiger partial charge in [0.1, 0.15) is 5.82 Å². The van der Waals surface area contributed by atoms with Crippen LogP contribution in [0.15, 0.2) is 42.6 Å². The molecule has 1 atom stereocenters. The van der Waals surface area contributed by atoms with Crippen molar-refractivity contribution in [2.45, 2.75) is 13.3 Å². The minimum Gasteiger partial charge on any atom is -0.310 e. The molecule has 0 saturated carbocycles. The third-order valence-electron chi connectivity index (χ3n) is 4.10. The number of amides is 1. The maximum atomic E-state index is 12.2. The van der Waals surface area contributed by atoms with E-state index in [1.54, 1.807) is 11.1 Å². The molecule has 1 aliphatic heterocycles. The Balaban J connectivity index is 1.65. The smallest absolute Gasteiger partial charge is 0.230 e. The average Bonchev–Trinajstić information content (AvgIpc) is 3.06. The molecule has 5 nitrogen and oxygen atoms in total. The minimum absolute atomic E-state index is 0.0710. The molecule has 0 bridgehead atoms. The Kier molecular flexibility index (Phi) is 4.24. The molecule has 1 amide bonds. The Labute approximate surface area is 135 Å². The number of anilines is 1. The van der Waals surface area contributed by atoms with Gasteiger partial charge in [0.2, 0.25) is 5.91 Å². The van der Waals surface area contributed by atoms with Gasteiger partial charge in [-0.1, -0.05) is 29.8 Å². The lowest BCUT2D eigenvalue weighted by Gasteiger charge is -2.10. The van der Waals surface area contributed by atoms with Crippen LogP contribution in [0.2, 0.25) is 0 Å². The first kappa shape index (κ1) is 15.0. The van der Waals surface area contributed by atoms with E-state index in [0.717, 1.165) is 11.1 Å². The molecule has 5 heteroatoms. The van der Waals surface area contributed by atoms with Crippen LogP contribution in [-0.2, 0) is 4.79 Å². The summed E-state index contributed by atoms with van der Waals surface area (Å²) >= 11 is 0. The topological polar surface area (TPSA) is 69.0 Å². The Morgan fingerprint density at radius 2 is 2.00 bits per heavy atom. The monoisotopic (exact) mass is 306 g/mol. The van der Waals surface area contributed by atoms with Crippen LogP contribution in [-0.4, -0.2) is 28.9 Å². The van der Waals surface area contributed by atoms with E-state index in [9.17, 15) is 4.79 Å². The summed E-state index contributed by atoms with van der Waals surface area (Å²) in [5, 5.41) is 11.7. The predicted octanol–water partition coefficient (Wildman–Crippen LogP) is 2.80. The van der Waals surface area contributed by atoms with Gasteiger partial charge in [-0.25, -0.2) is 4.98 Å². The molecule has 23 heavy (non-hydrogen) atoms. The quantitative estimate of drug-likeness (QED) is 0.885. The van der Waals surface area contributed by atoms with Gasteiger partial charge in [-0.3, -0.25) is 4.79 Å². The zero-order chi connectivity index (χ0) is 16.2. The van der Waals surface area contributed by atoms with Gasteiger partial charge >= 0.3 is 0 Å². The van der Waals surface area contributed by atoms with E-state index in [1.165, 1.54) is 5.56 Å². The molecular weight excluding hydrogens is 288 g/mol. The number of rotatable bonds is 3. The highest BCUT2D eigenvalue weighted by atomic mass is 16.2. The normalized spacial score (nSPS) is 16.9. The number of aryl methyl sites for hydroxylation is 1. The number of nitrogens with zero attached hydrogens (tertiary/aromatic N) is 3. The number of pyridine rings is 1. The number of likely N-dealkylation sites (tertiary alicyclic amines) is 1. The van der Waals surface area contributed by atoms with Crippen molar-refractivity contribution in [3.05, 3.63) is 48.2 Å². The zero-order valence-corrected chi connectivity index (χ0v) is 13.0. The number of carbonyl (C=O) groups is 1. The third-order valence-corrected chi connectivity index (χ3v) is 4.10. The first-order chi connectivity index (χ1) is 11.2. The van der Waals surface area contributed by atoms with Gasteiger partial charge in [-0.2, -0.15) is 5.26 Å². The number of carbonyl (C=O) groups excluding carboxylic acids is 1. The maximum absolute atomic E-state index is 12.2. The van der Waals surface area contributed by atoms with Crippen molar-refractivity contribution in [3.8, 4) is 17.3 Å². The van der Waals surface area contributed by atoms with Crippen LogP contribution >= 0.6 is 0 Å². The van der Waals surface area contributed by atoms with Crippen LogP contribution in [0.4, 0.5) is 5.82 Å². The van der Waals surface area contributed by atoms with Crippen molar-refractivity contribution in [2.24, 2.45) is 5.92 Å². The second-order valence-electron chi connectivity index (χ2n) is 5.82. The van der Waals surface area contributed by atoms with Gasteiger partial charge in [-0.15, -0.1) is 0 Å². The average molecular weight is 306 g/mol. The molecule has 3 rings (SSSR count). The van der Waals surface area contributed by atoms with E-state index in [-0.39, 0.29) is 11.8 Å². The number of nitrogens with one attached hydrogen (secondary N) is 1. The number of aromatic nitrogens is 1. The highest BCUT2D eigenvalue weighted by Gasteiger charge is 2.27. The van der Waals surface area contributed by atoms with Gasteiger partial charge < -0.3 is 10.2 Å². The van der Waals surface area contributed by atoms with Gasteiger partial charge in [0.05, 0.1) is 5.92 Å². The second kappa shape index (κ2) is 6.49. The summed E-state index contributed by atoms with van der Waals surface area (Å²) in [6.45, 7) is 3.19. The predicted molar refractivity (Wildman–Crippen MR) is 88.3 cm³/mol. The fourth-order valence-electron chi connectivity index (χ4n) is 2.68. The summed E-state index contributed by atoms with van der Waals surface area (Å²) in [6.07, 6.45) is 4.55. The summed E-state index contributed by atoms with van der Waals surface area (Å²) in [6, 6.07) is 12.0. The highest BCUT2D eigenvalue weighted by Crippen LogP contribution is 2.21. The summed E-state index contributed by atoms with van der Waals surface area (Å²) in [7, 11) is 0. The molecule has 0 aliphatic carbocycles. The van der Waals surface area contributed by atoms with Crippen molar-refractivity contribution in [1.82, 2.24) is 9.88 Å². The maximum Gasteiger partial charge on any atom is 0.230 e. The summed E-state index contributed by atoms with van der Waals surface area (Å²) in [5.41, 5.74) is 3.33. The molecule has 1 N–H and O–H groups in total. The van der Waals surface area contributed by atoms with E-state index in [2.05, 4.69) is 47.7 Å². The Bertz CT molecular complexity index is 731. The van der Waals surface area contributed by atoms with Gasteiger partial charge in [0.15, 0.2) is 6.19 Å². The van der Waals surface area contributed by atoms with E-state index in [1.807, 2.05) is 12.1 Å². The molecule has 1 unspecified atom stereocenters. The molecular formula is C18H18N4O. The van der Waals surface area contributed by atoms with E-state index < -0.39 is 0 Å². The largest absolute Gasteiger partial charge is 0.310 e. The Morgan fingerprint density at radius 1 is 1.26 bits per heavy atom. The fraction of sp³-hybridized carbons (Fsp3) is 0.278. The van der Waals surface area contributed by atoms with Crippen LogP contribution < -0.4 is 5.32 Å². The lowest BCUT2D eigenvalue weighted by Crippen LogP contribution is -2.25. The van der Waals surface area contributed by atoms with Crippen molar-refractivity contribution >= 4 is 11.7 Å². The van der Waals surface area contributed by atoms with E-state index in [0.29, 0.717) is 25.3 Å². The first-order valence-electron chi connectivity index (χ1n) is 7.64. The third kappa shape index (κ3) is 3.49. The molecule has 1 aliphatic rings. The summed E-state index contributed by atoms with van der Waals surface area (Å²) in [4.78, 5) is 18.1. The molecule has 1 aromatic heterocycles. The molecule has 2 aromatic rings.